The highest BCUT2D eigenvalue weighted by Gasteiger charge is 2.24. The Kier molecular flexibility index (Phi) is 3.44. The molecule has 1 fully saturated rings. The molecule has 0 radical (unpaired) electrons. The van der Waals surface area contributed by atoms with Crippen LogP contribution >= 0.6 is 0 Å². The second-order valence-corrected chi connectivity index (χ2v) is 4.39. The average Bonchev–Trinajstić information content (AvgIpc) is 2.76. The zero-order valence-electron chi connectivity index (χ0n) is 9.75. The van der Waals surface area contributed by atoms with Crippen LogP contribution in [0.3, 0.4) is 0 Å². The van der Waals surface area contributed by atoms with E-state index in [1.807, 2.05) is 12.1 Å². The third-order valence-corrected chi connectivity index (χ3v) is 3.41. The number of rotatable bonds is 3. The Morgan fingerprint density at radius 1 is 1.50 bits per heavy atom. The van der Waals surface area contributed by atoms with Crippen LogP contribution in [0.4, 0.5) is 10.1 Å². The molecule has 1 aromatic rings. The molecule has 0 aromatic heterocycles. The lowest BCUT2D eigenvalue weighted by molar-refractivity contribution is 0.595. The van der Waals surface area contributed by atoms with Crippen molar-refractivity contribution in [2.45, 2.75) is 38.8 Å². The van der Waals surface area contributed by atoms with Gasteiger partial charge < -0.3 is 10.6 Å². The number of anilines is 1. The minimum atomic E-state index is -0.136. The molecule has 88 valence electrons. The van der Waals surface area contributed by atoms with E-state index < -0.39 is 0 Å². The van der Waals surface area contributed by atoms with Gasteiger partial charge in [0.2, 0.25) is 0 Å². The van der Waals surface area contributed by atoms with Gasteiger partial charge in [0, 0.05) is 19.1 Å². The molecule has 0 spiro atoms. The minimum absolute atomic E-state index is 0.136. The van der Waals surface area contributed by atoms with Gasteiger partial charge in [-0.2, -0.15) is 0 Å². The monoisotopic (exact) mass is 222 g/mol. The van der Waals surface area contributed by atoms with E-state index in [9.17, 15) is 4.39 Å². The lowest BCUT2D eigenvalue weighted by atomic mass is 10.1. The quantitative estimate of drug-likeness (QED) is 0.852. The molecule has 0 bridgehead atoms. The van der Waals surface area contributed by atoms with Crippen molar-refractivity contribution in [1.29, 1.82) is 0 Å². The molecule has 1 heterocycles. The van der Waals surface area contributed by atoms with Crippen molar-refractivity contribution in [2.75, 3.05) is 11.4 Å². The van der Waals surface area contributed by atoms with Crippen molar-refractivity contribution < 1.29 is 4.39 Å². The van der Waals surface area contributed by atoms with E-state index in [2.05, 4.69) is 11.8 Å². The van der Waals surface area contributed by atoms with E-state index in [1.165, 1.54) is 6.42 Å². The van der Waals surface area contributed by atoms with E-state index in [0.29, 0.717) is 12.6 Å². The van der Waals surface area contributed by atoms with Gasteiger partial charge in [-0.05, 0) is 37.0 Å². The van der Waals surface area contributed by atoms with Gasteiger partial charge in [0.05, 0.1) is 5.69 Å². The molecule has 1 aliphatic rings. The minimum Gasteiger partial charge on any atom is -0.366 e. The Morgan fingerprint density at radius 3 is 2.94 bits per heavy atom. The van der Waals surface area contributed by atoms with Crippen molar-refractivity contribution in [3.8, 4) is 0 Å². The van der Waals surface area contributed by atoms with Gasteiger partial charge in [0.25, 0.3) is 0 Å². The third kappa shape index (κ3) is 2.05. The smallest absolute Gasteiger partial charge is 0.146 e. The molecular weight excluding hydrogens is 203 g/mol. The molecule has 0 amide bonds. The van der Waals surface area contributed by atoms with Crippen LogP contribution in [0, 0.1) is 5.82 Å². The molecule has 1 atom stereocenters. The highest BCUT2D eigenvalue weighted by atomic mass is 19.1. The molecule has 0 aliphatic carbocycles. The Morgan fingerprint density at radius 2 is 2.31 bits per heavy atom. The lowest BCUT2D eigenvalue weighted by Gasteiger charge is -2.26. The summed E-state index contributed by atoms with van der Waals surface area (Å²) in [6, 6.07) is 5.84. The molecule has 1 unspecified atom stereocenters. The number of hydrogen-bond donors (Lipinski definition) is 1. The Labute approximate surface area is 96.2 Å². The number of halogens is 1. The lowest BCUT2D eigenvalue weighted by Crippen LogP contribution is -2.29. The normalized spacial score (nSPS) is 20.4. The number of hydrogen-bond acceptors (Lipinski definition) is 2. The predicted molar refractivity (Wildman–Crippen MR) is 65.0 cm³/mol. The standard InChI is InChI=1S/C13H19FN2/c1-2-11-4-3-7-16(11)13-6-5-10(9-15)8-12(13)14/h5-6,8,11H,2-4,7,9,15H2,1H3. The van der Waals surface area contributed by atoms with E-state index in [0.717, 1.165) is 30.6 Å². The highest BCUT2D eigenvalue weighted by Crippen LogP contribution is 2.29. The zero-order chi connectivity index (χ0) is 11.5. The van der Waals surface area contributed by atoms with Gasteiger partial charge in [-0.1, -0.05) is 13.0 Å². The van der Waals surface area contributed by atoms with E-state index in [4.69, 9.17) is 5.73 Å². The molecule has 0 saturated carbocycles. The van der Waals surface area contributed by atoms with Gasteiger partial charge in [0.15, 0.2) is 0 Å². The predicted octanol–water partition coefficient (Wildman–Crippen LogP) is 2.66. The van der Waals surface area contributed by atoms with Crippen LogP contribution < -0.4 is 10.6 Å². The first-order valence-corrected chi connectivity index (χ1v) is 6.01. The third-order valence-electron chi connectivity index (χ3n) is 3.41. The fraction of sp³-hybridized carbons (Fsp3) is 0.538. The van der Waals surface area contributed by atoms with Crippen LogP contribution in [-0.2, 0) is 6.54 Å². The summed E-state index contributed by atoms with van der Waals surface area (Å²) in [6.07, 6.45) is 3.42. The van der Waals surface area contributed by atoms with Crippen molar-refractivity contribution in [3.63, 3.8) is 0 Å². The molecule has 1 aromatic carbocycles. The summed E-state index contributed by atoms with van der Waals surface area (Å²) in [6.45, 7) is 3.53. The molecule has 2 nitrogen and oxygen atoms in total. The first kappa shape index (κ1) is 11.4. The largest absolute Gasteiger partial charge is 0.366 e. The van der Waals surface area contributed by atoms with E-state index in [1.54, 1.807) is 6.07 Å². The van der Waals surface area contributed by atoms with Gasteiger partial charge in [-0.15, -0.1) is 0 Å². The van der Waals surface area contributed by atoms with Crippen LogP contribution in [0.15, 0.2) is 18.2 Å². The zero-order valence-corrected chi connectivity index (χ0v) is 9.75. The van der Waals surface area contributed by atoms with E-state index >= 15 is 0 Å². The Bertz CT molecular complexity index is 365. The Balaban J connectivity index is 2.26. The average molecular weight is 222 g/mol. The maximum absolute atomic E-state index is 13.9. The van der Waals surface area contributed by atoms with Crippen molar-refractivity contribution >= 4 is 5.69 Å². The number of nitrogens with two attached hydrogens (primary N) is 1. The molecule has 2 N–H and O–H groups in total. The van der Waals surface area contributed by atoms with Gasteiger partial charge in [0.1, 0.15) is 5.82 Å². The summed E-state index contributed by atoms with van der Waals surface area (Å²) < 4.78 is 13.9. The second kappa shape index (κ2) is 4.83. The summed E-state index contributed by atoms with van der Waals surface area (Å²) in [7, 11) is 0. The molecule has 2 rings (SSSR count). The number of nitrogens with zero attached hydrogens (tertiary/aromatic N) is 1. The van der Waals surface area contributed by atoms with E-state index in [-0.39, 0.29) is 5.82 Å². The van der Waals surface area contributed by atoms with Crippen LogP contribution in [-0.4, -0.2) is 12.6 Å². The highest BCUT2D eigenvalue weighted by molar-refractivity contribution is 5.51. The van der Waals surface area contributed by atoms with Gasteiger partial charge in [-0.3, -0.25) is 0 Å². The fourth-order valence-electron chi connectivity index (χ4n) is 2.49. The Hall–Kier alpha value is -1.09. The maximum Gasteiger partial charge on any atom is 0.146 e. The summed E-state index contributed by atoms with van der Waals surface area (Å²) >= 11 is 0. The first-order chi connectivity index (χ1) is 7.76. The summed E-state index contributed by atoms with van der Waals surface area (Å²) in [5.41, 5.74) is 7.09. The van der Waals surface area contributed by atoms with Crippen molar-refractivity contribution in [2.24, 2.45) is 5.73 Å². The van der Waals surface area contributed by atoms with Crippen LogP contribution in [0.25, 0.3) is 0 Å². The summed E-state index contributed by atoms with van der Waals surface area (Å²) in [5.74, 6) is -0.136. The molecule has 1 aliphatic heterocycles. The number of benzene rings is 1. The topological polar surface area (TPSA) is 29.3 Å². The van der Waals surface area contributed by atoms with Crippen molar-refractivity contribution in [1.82, 2.24) is 0 Å². The SMILES string of the molecule is CCC1CCCN1c1ccc(CN)cc1F. The second-order valence-electron chi connectivity index (χ2n) is 4.39. The van der Waals surface area contributed by atoms with Gasteiger partial charge in [-0.25, -0.2) is 4.39 Å². The summed E-state index contributed by atoms with van der Waals surface area (Å²) in [4.78, 5) is 2.19. The molecule has 16 heavy (non-hydrogen) atoms. The molecular formula is C13H19FN2. The summed E-state index contributed by atoms with van der Waals surface area (Å²) in [5, 5.41) is 0. The van der Waals surface area contributed by atoms with Crippen LogP contribution in [0.1, 0.15) is 31.7 Å². The molecule has 1 saturated heterocycles. The first-order valence-electron chi connectivity index (χ1n) is 6.01. The maximum atomic E-state index is 13.9. The molecule has 3 heteroatoms. The van der Waals surface area contributed by atoms with Crippen LogP contribution in [0.5, 0.6) is 0 Å². The van der Waals surface area contributed by atoms with Crippen LogP contribution in [0.2, 0.25) is 0 Å². The fourth-order valence-corrected chi connectivity index (χ4v) is 2.49. The van der Waals surface area contributed by atoms with Gasteiger partial charge >= 0.3 is 0 Å². The van der Waals surface area contributed by atoms with Crippen molar-refractivity contribution in [3.05, 3.63) is 29.6 Å².